The van der Waals surface area contributed by atoms with E-state index in [2.05, 4.69) is 20.3 Å². The number of aromatic amines is 1. The van der Waals surface area contributed by atoms with E-state index in [9.17, 15) is 22.8 Å². The summed E-state index contributed by atoms with van der Waals surface area (Å²) in [6.45, 7) is 2.62. The van der Waals surface area contributed by atoms with E-state index >= 15 is 0 Å². The number of hydrogen-bond acceptors (Lipinski definition) is 6. The summed E-state index contributed by atoms with van der Waals surface area (Å²) >= 11 is 0. The number of nitrogens with one attached hydrogen (secondary N) is 2. The minimum absolute atomic E-state index is 0.0377. The van der Waals surface area contributed by atoms with Crippen LogP contribution >= 0.6 is 0 Å². The Bertz CT molecular complexity index is 1330. The van der Waals surface area contributed by atoms with Crippen molar-refractivity contribution in [1.29, 1.82) is 0 Å². The van der Waals surface area contributed by atoms with E-state index < -0.39 is 23.3 Å². The van der Waals surface area contributed by atoms with Crippen LogP contribution in [0.3, 0.4) is 0 Å². The largest absolute Gasteiger partial charge is 0.418 e. The van der Waals surface area contributed by atoms with Gasteiger partial charge < -0.3 is 10.3 Å². The van der Waals surface area contributed by atoms with Gasteiger partial charge >= 0.3 is 6.18 Å². The molecule has 2 N–H and O–H groups in total. The Kier molecular flexibility index (Phi) is 6.49. The zero-order valence-electron chi connectivity index (χ0n) is 18.5. The average Bonchev–Trinajstić information content (AvgIpc) is 2.82. The summed E-state index contributed by atoms with van der Waals surface area (Å²) in [5.74, 6) is -0.907. The number of hydroxylamine groups is 2. The molecule has 0 saturated heterocycles. The van der Waals surface area contributed by atoms with Gasteiger partial charge in [0.2, 0.25) is 0 Å². The third-order valence-corrected chi connectivity index (χ3v) is 5.52. The van der Waals surface area contributed by atoms with Crippen LogP contribution in [0.4, 0.5) is 13.2 Å². The minimum Gasteiger partial charge on any atom is -0.354 e. The van der Waals surface area contributed by atoms with Gasteiger partial charge in [0.25, 0.3) is 11.5 Å². The normalized spacial score (nSPS) is 14.8. The lowest BCUT2D eigenvalue weighted by Crippen LogP contribution is -2.29. The Labute approximate surface area is 192 Å². The zero-order chi connectivity index (χ0) is 24.5. The standard InChI is InChI=1S/C23H22F3N5O3/c1-3-14-8-18-19(30-21(14)32)6-13(9-28-18)11-31-5-4-15(12-34-31)16-7-17(23(24,25)26)20(29-10-16)22(33)27-2/h4,6-10H,3,5,11-12H2,1-2H3,(H,27,33)(H,30,32). The van der Waals surface area contributed by atoms with Crippen molar-refractivity contribution in [2.45, 2.75) is 26.1 Å². The van der Waals surface area contributed by atoms with E-state index in [1.54, 1.807) is 23.4 Å². The van der Waals surface area contributed by atoms with Gasteiger partial charge in [-0.15, -0.1) is 0 Å². The molecule has 1 aliphatic rings. The highest BCUT2D eigenvalue weighted by Gasteiger charge is 2.36. The molecule has 0 atom stereocenters. The molecule has 0 saturated carbocycles. The predicted octanol–water partition coefficient (Wildman–Crippen LogP) is 3.09. The summed E-state index contributed by atoms with van der Waals surface area (Å²) < 4.78 is 40.4. The van der Waals surface area contributed by atoms with Gasteiger partial charge in [-0.1, -0.05) is 13.0 Å². The molecule has 0 fully saturated rings. The molecule has 4 heterocycles. The summed E-state index contributed by atoms with van der Waals surface area (Å²) in [6.07, 6.45) is 0.567. The lowest BCUT2D eigenvalue weighted by atomic mass is 10.0. The van der Waals surface area contributed by atoms with E-state index in [1.165, 1.54) is 13.2 Å². The monoisotopic (exact) mass is 473 g/mol. The number of carbonyl (C=O) groups excluding carboxylic acids is 1. The maximum Gasteiger partial charge on any atom is 0.418 e. The number of hydrogen-bond donors (Lipinski definition) is 2. The molecule has 0 unspecified atom stereocenters. The molecular formula is C23H22F3N5O3. The maximum absolute atomic E-state index is 13.5. The average molecular weight is 473 g/mol. The fraction of sp³-hybridized carbons (Fsp3) is 0.304. The van der Waals surface area contributed by atoms with Gasteiger partial charge in [0.15, 0.2) is 0 Å². The van der Waals surface area contributed by atoms with Gasteiger partial charge in [0.05, 0.1) is 29.7 Å². The van der Waals surface area contributed by atoms with E-state index in [0.717, 1.165) is 11.6 Å². The molecule has 34 heavy (non-hydrogen) atoms. The number of amides is 1. The number of H-pyrrole nitrogens is 1. The van der Waals surface area contributed by atoms with Gasteiger partial charge in [-0.3, -0.25) is 19.4 Å². The van der Waals surface area contributed by atoms with Crippen molar-refractivity contribution in [1.82, 2.24) is 25.3 Å². The third kappa shape index (κ3) is 4.85. The van der Waals surface area contributed by atoms with E-state index in [4.69, 9.17) is 4.84 Å². The first-order valence-corrected chi connectivity index (χ1v) is 10.6. The molecule has 11 heteroatoms. The number of aryl methyl sites for hydroxylation is 1. The van der Waals surface area contributed by atoms with Crippen LogP contribution in [0, 0.1) is 0 Å². The lowest BCUT2D eigenvalue weighted by molar-refractivity contribution is -0.150. The smallest absolute Gasteiger partial charge is 0.354 e. The number of pyridine rings is 3. The molecule has 1 aliphatic heterocycles. The highest BCUT2D eigenvalue weighted by molar-refractivity contribution is 5.94. The maximum atomic E-state index is 13.5. The molecule has 1 amide bonds. The predicted molar refractivity (Wildman–Crippen MR) is 119 cm³/mol. The van der Waals surface area contributed by atoms with Crippen LogP contribution in [-0.4, -0.2) is 46.1 Å². The fourth-order valence-corrected chi connectivity index (χ4v) is 3.67. The molecule has 4 rings (SSSR count). The first-order chi connectivity index (χ1) is 16.2. The first-order valence-electron chi connectivity index (χ1n) is 10.6. The lowest BCUT2D eigenvalue weighted by Gasteiger charge is -2.26. The second kappa shape index (κ2) is 9.35. The molecule has 0 bridgehead atoms. The molecular weight excluding hydrogens is 451 g/mol. The van der Waals surface area contributed by atoms with Crippen LogP contribution in [0.5, 0.6) is 0 Å². The third-order valence-electron chi connectivity index (χ3n) is 5.52. The summed E-state index contributed by atoms with van der Waals surface area (Å²) in [6, 6.07) is 4.50. The summed E-state index contributed by atoms with van der Waals surface area (Å²) in [4.78, 5) is 40.6. The molecule has 3 aromatic rings. The summed E-state index contributed by atoms with van der Waals surface area (Å²) in [5, 5.41) is 3.81. The molecule has 178 valence electrons. The van der Waals surface area contributed by atoms with Gasteiger partial charge in [-0.2, -0.15) is 18.2 Å². The first kappa shape index (κ1) is 23.6. The van der Waals surface area contributed by atoms with Crippen molar-refractivity contribution in [3.8, 4) is 0 Å². The number of nitrogens with zero attached hydrogens (tertiary/aromatic N) is 3. The minimum atomic E-state index is -4.73. The van der Waals surface area contributed by atoms with Crippen molar-refractivity contribution >= 4 is 22.5 Å². The fourth-order valence-electron chi connectivity index (χ4n) is 3.67. The number of aromatic nitrogens is 3. The highest BCUT2D eigenvalue weighted by Crippen LogP contribution is 2.33. The summed E-state index contributed by atoms with van der Waals surface area (Å²) in [7, 11) is 1.25. The molecule has 3 aromatic heterocycles. The van der Waals surface area contributed by atoms with Crippen molar-refractivity contribution in [3.63, 3.8) is 0 Å². The van der Waals surface area contributed by atoms with Gasteiger partial charge in [-0.25, -0.2) is 4.98 Å². The molecule has 0 aromatic carbocycles. The Balaban J connectivity index is 1.51. The van der Waals surface area contributed by atoms with Crippen molar-refractivity contribution < 1.29 is 22.8 Å². The van der Waals surface area contributed by atoms with Crippen molar-refractivity contribution in [2.24, 2.45) is 0 Å². The number of fused-ring (bicyclic) bond motifs is 1. The number of rotatable bonds is 5. The second-order valence-electron chi connectivity index (χ2n) is 7.78. The Morgan fingerprint density at radius 1 is 1.24 bits per heavy atom. The van der Waals surface area contributed by atoms with Crippen LogP contribution in [0.1, 0.15) is 39.7 Å². The van der Waals surface area contributed by atoms with Crippen LogP contribution in [0.15, 0.2) is 41.5 Å². The van der Waals surface area contributed by atoms with Crippen LogP contribution in [0.2, 0.25) is 0 Å². The van der Waals surface area contributed by atoms with Crippen molar-refractivity contribution in [2.75, 3.05) is 20.2 Å². The van der Waals surface area contributed by atoms with Crippen LogP contribution < -0.4 is 10.9 Å². The van der Waals surface area contributed by atoms with Gasteiger partial charge in [0.1, 0.15) is 5.69 Å². The Morgan fingerprint density at radius 3 is 2.68 bits per heavy atom. The highest BCUT2D eigenvalue weighted by atomic mass is 19.4. The number of carbonyl (C=O) groups is 1. The summed E-state index contributed by atoms with van der Waals surface area (Å²) in [5.41, 5.74) is 1.62. The van der Waals surface area contributed by atoms with E-state index in [0.29, 0.717) is 41.7 Å². The van der Waals surface area contributed by atoms with Gasteiger partial charge in [-0.05, 0) is 41.3 Å². The van der Waals surface area contributed by atoms with E-state index in [-0.39, 0.29) is 17.7 Å². The van der Waals surface area contributed by atoms with E-state index in [1.807, 2.05) is 13.0 Å². The molecule has 0 aliphatic carbocycles. The molecule has 8 nitrogen and oxygen atoms in total. The topological polar surface area (TPSA) is 100 Å². The SMILES string of the molecule is CCc1cc2ncc(CN3CC=C(c4cnc(C(=O)NC)c(C(F)(F)F)c4)CO3)cc2[nH]c1=O. The Hall–Kier alpha value is -3.57. The van der Waals surface area contributed by atoms with Crippen LogP contribution in [-0.2, 0) is 24.0 Å². The van der Waals surface area contributed by atoms with Crippen molar-refractivity contribution in [3.05, 3.63) is 75.0 Å². The Morgan fingerprint density at radius 2 is 2.03 bits per heavy atom. The number of halogens is 3. The zero-order valence-corrected chi connectivity index (χ0v) is 18.5. The van der Waals surface area contributed by atoms with Gasteiger partial charge in [0, 0.05) is 31.5 Å². The molecule has 0 radical (unpaired) electrons. The molecule has 0 spiro atoms. The number of alkyl halides is 3. The van der Waals surface area contributed by atoms with Crippen LogP contribution in [0.25, 0.3) is 16.6 Å². The quantitative estimate of drug-likeness (QED) is 0.591. The second-order valence-corrected chi connectivity index (χ2v) is 7.78.